The van der Waals surface area contributed by atoms with E-state index in [-0.39, 0.29) is 6.04 Å². The molecule has 1 atom stereocenters. The van der Waals surface area contributed by atoms with Crippen molar-refractivity contribution in [3.63, 3.8) is 0 Å². The van der Waals surface area contributed by atoms with E-state index in [9.17, 15) is 0 Å². The topological polar surface area (TPSA) is 44.5 Å². The van der Waals surface area contributed by atoms with Crippen molar-refractivity contribution in [1.82, 2.24) is 0 Å². The Hall–Kier alpha value is -1.22. The van der Waals surface area contributed by atoms with Crippen LogP contribution in [0.5, 0.6) is 11.5 Å². The zero-order valence-electron chi connectivity index (χ0n) is 13.3. The Bertz CT molecular complexity index is 389. The summed E-state index contributed by atoms with van der Waals surface area (Å²) >= 11 is 0. The Morgan fingerprint density at radius 1 is 1.10 bits per heavy atom. The molecule has 1 unspecified atom stereocenters. The summed E-state index contributed by atoms with van der Waals surface area (Å²) < 4.78 is 11.3. The van der Waals surface area contributed by atoms with Gasteiger partial charge < -0.3 is 15.2 Å². The van der Waals surface area contributed by atoms with E-state index in [4.69, 9.17) is 15.2 Å². The molecule has 114 valence electrons. The minimum absolute atomic E-state index is 0.164. The van der Waals surface area contributed by atoms with Crippen molar-refractivity contribution >= 4 is 0 Å². The third-order valence-electron chi connectivity index (χ3n) is 3.90. The number of ether oxygens (including phenoxy) is 2. The van der Waals surface area contributed by atoms with Gasteiger partial charge in [0.25, 0.3) is 0 Å². The summed E-state index contributed by atoms with van der Waals surface area (Å²) in [6, 6.07) is 6.15. The Balaban J connectivity index is 2.81. The third-order valence-corrected chi connectivity index (χ3v) is 3.90. The number of hydrogen-bond acceptors (Lipinski definition) is 3. The highest BCUT2D eigenvalue weighted by atomic mass is 16.5. The number of hydrogen-bond donors (Lipinski definition) is 1. The van der Waals surface area contributed by atoms with Gasteiger partial charge in [0.15, 0.2) is 0 Å². The van der Waals surface area contributed by atoms with Crippen LogP contribution in [0.3, 0.4) is 0 Å². The van der Waals surface area contributed by atoms with Crippen molar-refractivity contribution in [1.29, 1.82) is 0 Å². The molecule has 0 bridgehead atoms. The lowest BCUT2D eigenvalue weighted by Gasteiger charge is -2.18. The monoisotopic (exact) mass is 279 g/mol. The zero-order valence-corrected chi connectivity index (χ0v) is 13.3. The van der Waals surface area contributed by atoms with Gasteiger partial charge in [0, 0.05) is 6.04 Å². The van der Waals surface area contributed by atoms with E-state index >= 15 is 0 Å². The number of benzene rings is 1. The highest BCUT2D eigenvalue weighted by molar-refractivity contribution is 5.40. The Morgan fingerprint density at radius 2 is 1.80 bits per heavy atom. The fourth-order valence-electron chi connectivity index (χ4n) is 2.14. The largest absolute Gasteiger partial charge is 0.497 e. The van der Waals surface area contributed by atoms with Crippen LogP contribution in [0.4, 0.5) is 0 Å². The lowest BCUT2D eigenvalue weighted by Crippen LogP contribution is -2.22. The van der Waals surface area contributed by atoms with E-state index in [0.29, 0.717) is 5.92 Å². The Morgan fingerprint density at radius 3 is 2.35 bits per heavy atom. The fraction of sp³-hybridized carbons (Fsp3) is 0.647. The van der Waals surface area contributed by atoms with Crippen LogP contribution >= 0.6 is 0 Å². The summed E-state index contributed by atoms with van der Waals surface area (Å²) in [6.07, 6.45) is 4.09. The van der Waals surface area contributed by atoms with Crippen LogP contribution in [0.2, 0.25) is 0 Å². The van der Waals surface area contributed by atoms with Gasteiger partial charge in [-0.05, 0) is 42.5 Å². The van der Waals surface area contributed by atoms with Crippen molar-refractivity contribution in [2.24, 2.45) is 11.7 Å². The van der Waals surface area contributed by atoms with Crippen LogP contribution in [-0.2, 0) is 6.42 Å². The van der Waals surface area contributed by atoms with E-state index in [2.05, 4.69) is 20.8 Å². The Kier molecular flexibility index (Phi) is 7.45. The first-order valence-electron chi connectivity index (χ1n) is 7.69. The van der Waals surface area contributed by atoms with Gasteiger partial charge in [-0.15, -0.1) is 0 Å². The van der Waals surface area contributed by atoms with E-state index < -0.39 is 0 Å². The van der Waals surface area contributed by atoms with Gasteiger partial charge in [-0.1, -0.05) is 33.6 Å². The number of nitrogens with two attached hydrogens (primary N) is 1. The first-order chi connectivity index (χ1) is 9.64. The van der Waals surface area contributed by atoms with E-state index in [0.717, 1.165) is 49.4 Å². The van der Waals surface area contributed by atoms with Crippen molar-refractivity contribution in [3.05, 3.63) is 23.8 Å². The molecule has 3 heteroatoms. The van der Waals surface area contributed by atoms with E-state index in [1.54, 1.807) is 7.11 Å². The molecule has 0 aromatic heterocycles. The van der Waals surface area contributed by atoms with E-state index in [1.165, 1.54) is 0 Å². The maximum atomic E-state index is 6.08. The quantitative estimate of drug-likeness (QED) is 0.748. The molecule has 3 nitrogen and oxygen atoms in total. The van der Waals surface area contributed by atoms with Gasteiger partial charge in [-0.3, -0.25) is 0 Å². The van der Waals surface area contributed by atoms with Crippen LogP contribution in [0.15, 0.2) is 18.2 Å². The van der Waals surface area contributed by atoms with Gasteiger partial charge in [0.1, 0.15) is 11.5 Å². The fourth-order valence-corrected chi connectivity index (χ4v) is 2.14. The molecule has 20 heavy (non-hydrogen) atoms. The van der Waals surface area contributed by atoms with Gasteiger partial charge in [0.2, 0.25) is 0 Å². The third kappa shape index (κ3) is 5.04. The molecule has 0 aliphatic rings. The predicted octanol–water partition coefficient (Wildman–Crippen LogP) is 3.79. The molecule has 0 heterocycles. The van der Waals surface area contributed by atoms with Crippen molar-refractivity contribution in [2.45, 2.75) is 52.5 Å². The molecule has 0 aliphatic carbocycles. The second-order valence-electron chi connectivity index (χ2n) is 5.34. The van der Waals surface area contributed by atoms with Crippen LogP contribution in [0, 0.1) is 5.92 Å². The van der Waals surface area contributed by atoms with Gasteiger partial charge >= 0.3 is 0 Å². The van der Waals surface area contributed by atoms with Crippen molar-refractivity contribution in [3.8, 4) is 11.5 Å². The summed E-state index contributed by atoms with van der Waals surface area (Å²) in [4.78, 5) is 0. The summed E-state index contributed by atoms with van der Waals surface area (Å²) in [7, 11) is 1.68. The predicted molar refractivity (Wildman–Crippen MR) is 84.5 cm³/mol. The van der Waals surface area contributed by atoms with Gasteiger partial charge in [0.05, 0.1) is 13.7 Å². The van der Waals surface area contributed by atoms with Crippen LogP contribution in [-0.4, -0.2) is 19.8 Å². The molecule has 1 aromatic carbocycles. The lowest BCUT2D eigenvalue weighted by atomic mass is 10.0. The van der Waals surface area contributed by atoms with Crippen LogP contribution in [0.25, 0.3) is 0 Å². The maximum Gasteiger partial charge on any atom is 0.122 e. The molecule has 1 aromatic rings. The first-order valence-corrected chi connectivity index (χ1v) is 7.69. The average Bonchev–Trinajstić information content (AvgIpc) is 2.49. The van der Waals surface area contributed by atoms with Gasteiger partial charge in [-0.25, -0.2) is 0 Å². The second-order valence-corrected chi connectivity index (χ2v) is 5.34. The minimum Gasteiger partial charge on any atom is -0.497 e. The molecule has 0 radical (unpaired) electrons. The molecular weight excluding hydrogens is 250 g/mol. The highest BCUT2D eigenvalue weighted by Gasteiger charge is 2.11. The molecule has 1 rings (SSSR count). The molecule has 0 amide bonds. The van der Waals surface area contributed by atoms with Crippen molar-refractivity contribution < 1.29 is 9.47 Å². The zero-order chi connectivity index (χ0) is 15.0. The van der Waals surface area contributed by atoms with Crippen molar-refractivity contribution in [2.75, 3.05) is 13.7 Å². The molecule has 0 spiro atoms. The normalized spacial score (nSPS) is 12.5. The van der Waals surface area contributed by atoms with Gasteiger partial charge in [-0.2, -0.15) is 0 Å². The number of methoxy groups -OCH3 is 1. The average molecular weight is 279 g/mol. The molecule has 2 N–H and O–H groups in total. The highest BCUT2D eigenvalue weighted by Crippen LogP contribution is 2.26. The Labute approximate surface area is 123 Å². The maximum absolute atomic E-state index is 6.08. The smallest absolute Gasteiger partial charge is 0.122 e. The molecule has 0 saturated heterocycles. The molecule has 0 fully saturated rings. The lowest BCUT2D eigenvalue weighted by molar-refractivity contribution is 0.238. The van der Waals surface area contributed by atoms with Crippen LogP contribution in [0.1, 0.15) is 45.6 Å². The summed E-state index contributed by atoms with van der Waals surface area (Å²) in [6.45, 7) is 7.29. The molecule has 0 saturated carbocycles. The second kappa shape index (κ2) is 8.85. The minimum atomic E-state index is 0.164. The summed E-state index contributed by atoms with van der Waals surface area (Å²) in [5.74, 6) is 2.42. The summed E-state index contributed by atoms with van der Waals surface area (Å²) in [5, 5.41) is 0. The first kappa shape index (κ1) is 16.8. The molecule has 0 aliphatic heterocycles. The summed E-state index contributed by atoms with van der Waals surface area (Å²) in [5.41, 5.74) is 7.22. The number of rotatable bonds is 9. The SMILES string of the molecule is CCC(N)Cc1cc(OC)ccc1OCC(CC)CC. The van der Waals surface area contributed by atoms with E-state index in [1.807, 2.05) is 18.2 Å². The van der Waals surface area contributed by atoms with Crippen LogP contribution < -0.4 is 15.2 Å². The molecular formula is C17H29NO2. The standard InChI is InChI=1S/C17H29NO2/c1-5-13(6-2)12-20-17-9-8-16(19-4)11-14(17)10-15(18)7-3/h8-9,11,13,15H,5-7,10,12,18H2,1-4H3.